The van der Waals surface area contributed by atoms with Crippen LogP contribution in [0.1, 0.15) is 31.7 Å². The summed E-state index contributed by atoms with van der Waals surface area (Å²) in [5.41, 5.74) is 0.196. The molecule has 2 aliphatic heterocycles. The number of hydrogen-bond acceptors (Lipinski definition) is 5. The molecule has 36 heavy (non-hydrogen) atoms. The van der Waals surface area contributed by atoms with Gasteiger partial charge >= 0.3 is 6.03 Å². The lowest BCUT2D eigenvalue weighted by Gasteiger charge is -2.44. The Labute approximate surface area is 212 Å². The van der Waals surface area contributed by atoms with Gasteiger partial charge in [-0.15, -0.1) is 0 Å². The number of rotatable bonds is 9. The summed E-state index contributed by atoms with van der Waals surface area (Å²) in [4.78, 5) is 33.3. The van der Waals surface area contributed by atoms with Crippen LogP contribution in [0, 0.1) is 0 Å². The van der Waals surface area contributed by atoms with E-state index in [1.54, 1.807) is 18.2 Å². The van der Waals surface area contributed by atoms with E-state index < -0.39 is 5.54 Å². The molecule has 2 saturated heterocycles. The molecule has 1 aromatic heterocycles. The van der Waals surface area contributed by atoms with Crippen molar-refractivity contribution in [1.82, 2.24) is 24.5 Å². The minimum absolute atomic E-state index is 0.0691. The van der Waals surface area contributed by atoms with Gasteiger partial charge in [-0.2, -0.15) is 5.10 Å². The van der Waals surface area contributed by atoms with Gasteiger partial charge in [-0.3, -0.25) is 14.4 Å². The molecule has 0 N–H and O–H groups in total. The van der Waals surface area contributed by atoms with Crippen LogP contribution >= 0.6 is 0 Å². The maximum atomic E-state index is 14.0. The highest BCUT2D eigenvalue weighted by Gasteiger charge is 2.57. The molecule has 0 bridgehead atoms. The van der Waals surface area contributed by atoms with Gasteiger partial charge in [0.2, 0.25) is 0 Å². The third-order valence-electron chi connectivity index (χ3n) is 7.93. The molecule has 1 spiro atoms. The number of carbonyl (C=O) groups is 2. The van der Waals surface area contributed by atoms with Crippen molar-refractivity contribution in [3.63, 3.8) is 0 Å². The molecule has 3 amide bonds. The molecule has 5 rings (SSSR count). The average molecular weight is 490 g/mol. The molecular formula is C28H35N5O3. The molecule has 2 aliphatic rings. The Balaban J connectivity index is 1.33. The monoisotopic (exact) mass is 489 g/mol. The van der Waals surface area contributed by atoms with E-state index in [1.807, 2.05) is 41.2 Å². The SMILES string of the molecule is COCCN1C(=O)N(Cc2cccc3ccccc23)C(=O)C12CCN([C@@H](C)CCn1cccn1)CC2. The zero-order valence-electron chi connectivity index (χ0n) is 21.2. The lowest BCUT2D eigenvalue weighted by Crippen LogP contribution is -2.58. The van der Waals surface area contributed by atoms with Gasteiger partial charge in [-0.05, 0) is 48.6 Å². The number of nitrogens with zero attached hydrogens (tertiary/aromatic N) is 5. The Morgan fingerprint density at radius 2 is 1.81 bits per heavy atom. The number of aryl methyl sites for hydroxylation is 1. The highest BCUT2D eigenvalue weighted by atomic mass is 16.5. The van der Waals surface area contributed by atoms with Crippen LogP contribution < -0.4 is 0 Å². The van der Waals surface area contributed by atoms with Crippen molar-refractivity contribution in [2.75, 3.05) is 33.4 Å². The summed E-state index contributed by atoms with van der Waals surface area (Å²) < 4.78 is 7.27. The standard InChI is InChI=1S/C28H35N5O3/c1-22(11-16-31-15-6-14-29-31)30-17-12-28(13-18-30)26(34)32(27(35)33(28)19-20-36-2)21-24-9-5-8-23-7-3-4-10-25(23)24/h3-10,14-15,22H,11-13,16-21H2,1-2H3/t22-/m0/s1. The largest absolute Gasteiger partial charge is 0.383 e. The number of hydrogen-bond donors (Lipinski definition) is 0. The van der Waals surface area contributed by atoms with Crippen LogP contribution in [-0.4, -0.2) is 81.4 Å². The van der Waals surface area contributed by atoms with Crippen molar-refractivity contribution in [3.8, 4) is 0 Å². The van der Waals surface area contributed by atoms with Gasteiger partial charge in [-0.1, -0.05) is 42.5 Å². The molecule has 0 saturated carbocycles. The molecule has 190 valence electrons. The van der Waals surface area contributed by atoms with Crippen LogP contribution in [0.5, 0.6) is 0 Å². The van der Waals surface area contributed by atoms with Crippen LogP contribution in [0.25, 0.3) is 10.8 Å². The van der Waals surface area contributed by atoms with Crippen LogP contribution in [0.3, 0.4) is 0 Å². The first-order valence-corrected chi connectivity index (χ1v) is 12.8. The second kappa shape index (κ2) is 10.4. The van der Waals surface area contributed by atoms with E-state index in [-0.39, 0.29) is 18.5 Å². The molecule has 8 nitrogen and oxygen atoms in total. The van der Waals surface area contributed by atoms with Gasteiger partial charge in [0.05, 0.1) is 13.2 Å². The van der Waals surface area contributed by atoms with Gasteiger partial charge in [0.15, 0.2) is 0 Å². The molecule has 0 aliphatic carbocycles. The van der Waals surface area contributed by atoms with Crippen LogP contribution in [0.2, 0.25) is 0 Å². The van der Waals surface area contributed by atoms with Crippen molar-refractivity contribution in [3.05, 3.63) is 66.5 Å². The van der Waals surface area contributed by atoms with Crippen molar-refractivity contribution in [2.24, 2.45) is 0 Å². The summed E-state index contributed by atoms with van der Waals surface area (Å²) >= 11 is 0. The van der Waals surface area contributed by atoms with Crippen molar-refractivity contribution in [1.29, 1.82) is 0 Å². The first-order valence-electron chi connectivity index (χ1n) is 12.8. The predicted molar refractivity (Wildman–Crippen MR) is 138 cm³/mol. The number of imide groups is 1. The van der Waals surface area contributed by atoms with Gasteiger partial charge in [0.25, 0.3) is 5.91 Å². The fourth-order valence-corrected chi connectivity index (χ4v) is 5.77. The van der Waals surface area contributed by atoms with E-state index in [1.165, 1.54) is 4.90 Å². The number of benzene rings is 2. The van der Waals surface area contributed by atoms with E-state index in [0.29, 0.717) is 32.0 Å². The normalized spacial score (nSPS) is 19.1. The summed E-state index contributed by atoms with van der Waals surface area (Å²) in [6.45, 7) is 5.78. The van der Waals surface area contributed by atoms with Crippen molar-refractivity contribution >= 4 is 22.7 Å². The molecule has 0 radical (unpaired) electrons. The van der Waals surface area contributed by atoms with Crippen molar-refractivity contribution < 1.29 is 14.3 Å². The quantitative estimate of drug-likeness (QED) is 0.428. The van der Waals surface area contributed by atoms with E-state index in [9.17, 15) is 9.59 Å². The third-order valence-corrected chi connectivity index (χ3v) is 7.93. The zero-order valence-corrected chi connectivity index (χ0v) is 21.2. The Morgan fingerprint density at radius 1 is 1.03 bits per heavy atom. The number of likely N-dealkylation sites (tertiary alicyclic amines) is 1. The zero-order chi connectivity index (χ0) is 25.1. The van der Waals surface area contributed by atoms with Gasteiger partial charge < -0.3 is 14.5 Å². The summed E-state index contributed by atoms with van der Waals surface area (Å²) in [7, 11) is 1.63. The summed E-state index contributed by atoms with van der Waals surface area (Å²) in [6.07, 6.45) is 6.05. The Bertz CT molecular complexity index is 1200. The minimum atomic E-state index is -0.793. The molecule has 0 unspecified atom stereocenters. The number of amides is 3. The number of piperidine rings is 1. The molecular weight excluding hydrogens is 454 g/mol. The Morgan fingerprint density at radius 3 is 2.56 bits per heavy atom. The van der Waals surface area contributed by atoms with Crippen LogP contribution in [0.4, 0.5) is 4.79 Å². The summed E-state index contributed by atoms with van der Waals surface area (Å²) in [6, 6.07) is 16.3. The predicted octanol–water partition coefficient (Wildman–Crippen LogP) is 3.76. The topological polar surface area (TPSA) is 70.9 Å². The van der Waals surface area contributed by atoms with E-state index >= 15 is 0 Å². The van der Waals surface area contributed by atoms with E-state index in [4.69, 9.17) is 4.74 Å². The average Bonchev–Trinajstić information content (AvgIpc) is 3.49. The first-order chi connectivity index (χ1) is 17.5. The van der Waals surface area contributed by atoms with Crippen LogP contribution in [0.15, 0.2) is 60.9 Å². The minimum Gasteiger partial charge on any atom is -0.383 e. The number of aromatic nitrogens is 2. The van der Waals surface area contributed by atoms with E-state index in [2.05, 4.69) is 35.1 Å². The van der Waals surface area contributed by atoms with Crippen molar-refractivity contribution in [2.45, 2.75) is 50.9 Å². The number of urea groups is 1. The number of carbonyl (C=O) groups excluding carboxylic acids is 2. The number of methoxy groups -OCH3 is 1. The van der Waals surface area contributed by atoms with E-state index in [0.717, 1.165) is 42.4 Å². The van der Waals surface area contributed by atoms with Gasteiger partial charge in [-0.25, -0.2) is 4.79 Å². The molecule has 8 heteroatoms. The fourth-order valence-electron chi connectivity index (χ4n) is 5.77. The fraction of sp³-hybridized carbons (Fsp3) is 0.464. The Kier molecular flexibility index (Phi) is 7.07. The molecule has 1 atom stereocenters. The molecule has 2 aromatic carbocycles. The molecule has 3 aromatic rings. The highest BCUT2D eigenvalue weighted by molar-refractivity contribution is 6.07. The first kappa shape index (κ1) is 24.5. The number of fused-ring (bicyclic) bond motifs is 1. The Hall–Kier alpha value is -3.23. The highest BCUT2D eigenvalue weighted by Crippen LogP contribution is 2.39. The summed E-state index contributed by atoms with van der Waals surface area (Å²) in [5, 5.41) is 6.49. The molecule has 2 fully saturated rings. The second-order valence-electron chi connectivity index (χ2n) is 9.93. The lowest BCUT2D eigenvalue weighted by molar-refractivity contribution is -0.136. The maximum Gasteiger partial charge on any atom is 0.328 e. The maximum absolute atomic E-state index is 14.0. The third kappa shape index (κ3) is 4.51. The van der Waals surface area contributed by atoms with Gasteiger partial charge in [0, 0.05) is 51.7 Å². The smallest absolute Gasteiger partial charge is 0.328 e. The second-order valence-corrected chi connectivity index (χ2v) is 9.93. The molecule has 3 heterocycles. The lowest BCUT2D eigenvalue weighted by atomic mass is 9.85. The summed E-state index contributed by atoms with van der Waals surface area (Å²) in [5.74, 6) is -0.0691. The number of ether oxygens (including phenoxy) is 1. The van der Waals surface area contributed by atoms with Gasteiger partial charge in [0.1, 0.15) is 5.54 Å². The van der Waals surface area contributed by atoms with Crippen LogP contribution in [-0.2, 0) is 22.6 Å².